The van der Waals surface area contributed by atoms with E-state index in [1.807, 2.05) is 0 Å². The van der Waals surface area contributed by atoms with Crippen molar-refractivity contribution in [3.05, 3.63) is 24.3 Å². The lowest BCUT2D eigenvalue weighted by atomic mass is 10.0. The zero-order chi connectivity index (χ0) is 35.9. The second kappa shape index (κ2) is 38.7. The number of rotatable bonds is 38. The van der Waals surface area contributed by atoms with Crippen LogP contribution in [0.2, 0.25) is 0 Å². The molecule has 0 rings (SSSR count). The van der Waals surface area contributed by atoms with Crippen molar-refractivity contribution in [3.8, 4) is 0 Å². The van der Waals surface area contributed by atoms with Crippen molar-refractivity contribution in [2.75, 3.05) is 6.54 Å². The number of allylic oxidation sites excluding steroid dienone is 4. The average Bonchev–Trinajstić information content (AvgIpc) is 3.08. The fourth-order valence-corrected chi connectivity index (χ4v) is 6.25. The van der Waals surface area contributed by atoms with E-state index in [2.05, 4.69) is 43.5 Å². The molecule has 0 heterocycles. The van der Waals surface area contributed by atoms with Crippen LogP contribution in [-0.2, 0) is 19.1 Å². The van der Waals surface area contributed by atoms with Crippen LogP contribution in [0.15, 0.2) is 24.3 Å². The highest BCUT2D eigenvalue weighted by molar-refractivity contribution is 5.80. The molecule has 0 saturated heterocycles. The minimum Gasteiger partial charge on any atom is -0.480 e. The molecule has 0 aliphatic rings. The SMILES string of the molecule is CCCCCCC/C=C\C/C=C\CCCCCC(CCCCCCCC(=O)NCC(=O)O)OC(=O)CCCCCCCCCCCCCC. The van der Waals surface area contributed by atoms with E-state index in [0.717, 1.165) is 83.5 Å². The quantitative estimate of drug-likeness (QED) is 0.0382. The maximum Gasteiger partial charge on any atom is 0.322 e. The number of carbonyl (C=O) groups excluding carboxylic acids is 2. The molecule has 2 N–H and O–H groups in total. The van der Waals surface area contributed by atoms with Gasteiger partial charge in [-0.05, 0) is 70.6 Å². The second-order valence-electron chi connectivity index (χ2n) is 14.2. The molecule has 286 valence electrons. The molecule has 0 fully saturated rings. The van der Waals surface area contributed by atoms with E-state index >= 15 is 0 Å². The van der Waals surface area contributed by atoms with Gasteiger partial charge in [0, 0.05) is 12.8 Å². The van der Waals surface area contributed by atoms with Crippen molar-refractivity contribution in [2.45, 2.75) is 225 Å². The summed E-state index contributed by atoms with van der Waals surface area (Å²) in [5.41, 5.74) is 0. The number of unbranched alkanes of at least 4 members (excludes halogenated alkanes) is 23. The number of aliphatic carboxylic acids is 1. The molecule has 0 aliphatic carbocycles. The Hall–Kier alpha value is -2.11. The van der Waals surface area contributed by atoms with Gasteiger partial charge in [0.2, 0.25) is 5.91 Å². The number of nitrogens with one attached hydrogen (secondary N) is 1. The zero-order valence-corrected chi connectivity index (χ0v) is 32.3. The van der Waals surface area contributed by atoms with Gasteiger partial charge in [-0.2, -0.15) is 0 Å². The Morgan fingerprint density at radius 3 is 1.43 bits per heavy atom. The molecule has 0 aromatic heterocycles. The molecule has 0 aromatic rings. The van der Waals surface area contributed by atoms with Crippen molar-refractivity contribution >= 4 is 17.8 Å². The third-order valence-electron chi connectivity index (χ3n) is 9.38. The summed E-state index contributed by atoms with van der Waals surface area (Å²) in [5, 5.41) is 11.1. The molecule has 0 radical (unpaired) electrons. The van der Waals surface area contributed by atoms with E-state index in [1.165, 1.54) is 109 Å². The Kier molecular flexibility index (Phi) is 37.0. The van der Waals surface area contributed by atoms with Gasteiger partial charge in [-0.3, -0.25) is 14.4 Å². The Morgan fingerprint density at radius 2 is 0.939 bits per heavy atom. The highest BCUT2D eigenvalue weighted by Crippen LogP contribution is 2.18. The number of hydrogen-bond acceptors (Lipinski definition) is 4. The number of carbonyl (C=O) groups is 3. The number of amides is 1. The van der Waals surface area contributed by atoms with E-state index < -0.39 is 5.97 Å². The highest BCUT2D eigenvalue weighted by Gasteiger charge is 2.14. The van der Waals surface area contributed by atoms with Crippen molar-refractivity contribution < 1.29 is 24.2 Å². The standard InChI is InChI=1S/C43H79NO5/c1-3-5-7-9-11-13-15-17-18-19-20-22-24-27-31-35-40(36-32-28-26-29-33-37-41(45)44-39-42(46)47)49-43(48)38-34-30-25-23-21-16-14-12-10-8-6-4-2/h15,17,19-20,40H,3-14,16,18,21-39H2,1-2H3,(H,44,45)(H,46,47)/b17-15-,20-19-. The third-order valence-corrected chi connectivity index (χ3v) is 9.38. The van der Waals surface area contributed by atoms with E-state index in [9.17, 15) is 14.4 Å². The van der Waals surface area contributed by atoms with Crippen molar-refractivity contribution in [2.24, 2.45) is 0 Å². The summed E-state index contributed by atoms with van der Waals surface area (Å²) in [5.74, 6) is -1.24. The summed E-state index contributed by atoms with van der Waals surface area (Å²) < 4.78 is 6.01. The first kappa shape index (κ1) is 46.9. The van der Waals surface area contributed by atoms with Gasteiger partial charge in [0.05, 0.1) is 0 Å². The molecule has 1 atom stereocenters. The molecule has 0 saturated carbocycles. The molecule has 0 aliphatic heterocycles. The van der Waals surface area contributed by atoms with Gasteiger partial charge in [0.15, 0.2) is 0 Å². The van der Waals surface area contributed by atoms with Gasteiger partial charge in [-0.15, -0.1) is 0 Å². The lowest BCUT2D eigenvalue weighted by Crippen LogP contribution is -2.28. The molecule has 0 aromatic carbocycles. The van der Waals surface area contributed by atoms with Crippen molar-refractivity contribution in [1.29, 1.82) is 0 Å². The zero-order valence-electron chi connectivity index (χ0n) is 32.3. The smallest absolute Gasteiger partial charge is 0.322 e. The van der Waals surface area contributed by atoms with Gasteiger partial charge >= 0.3 is 11.9 Å². The number of carboxylic acid groups (broad SMARTS) is 1. The fraction of sp³-hybridized carbons (Fsp3) is 0.837. The first-order valence-electron chi connectivity index (χ1n) is 21.0. The molecule has 1 amide bonds. The summed E-state index contributed by atoms with van der Waals surface area (Å²) in [6.07, 6.45) is 45.8. The Morgan fingerprint density at radius 1 is 0.531 bits per heavy atom. The van der Waals surface area contributed by atoms with Crippen LogP contribution in [0.3, 0.4) is 0 Å². The summed E-state index contributed by atoms with van der Waals surface area (Å²) in [4.78, 5) is 35.0. The Labute approximate surface area is 303 Å². The number of hydrogen-bond donors (Lipinski definition) is 2. The monoisotopic (exact) mass is 690 g/mol. The van der Waals surface area contributed by atoms with Gasteiger partial charge < -0.3 is 15.2 Å². The van der Waals surface area contributed by atoms with Crippen LogP contribution in [0, 0.1) is 0 Å². The largest absolute Gasteiger partial charge is 0.480 e. The van der Waals surface area contributed by atoms with E-state index in [4.69, 9.17) is 9.84 Å². The number of ether oxygens (including phenoxy) is 1. The first-order valence-corrected chi connectivity index (χ1v) is 21.0. The van der Waals surface area contributed by atoms with E-state index in [0.29, 0.717) is 12.8 Å². The molecule has 0 spiro atoms. The van der Waals surface area contributed by atoms with Gasteiger partial charge in [-0.1, -0.05) is 160 Å². The Bertz CT molecular complexity index is 808. The molecule has 0 bridgehead atoms. The minimum atomic E-state index is -1.02. The van der Waals surface area contributed by atoms with Crippen LogP contribution >= 0.6 is 0 Å². The molecule has 6 nitrogen and oxygen atoms in total. The topological polar surface area (TPSA) is 92.7 Å². The predicted molar refractivity (Wildman–Crippen MR) is 208 cm³/mol. The Balaban J connectivity index is 4.23. The van der Waals surface area contributed by atoms with Gasteiger partial charge in [0.1, 0.15) is 12.6 Å². The lowest BCUT2D eigenvalue weighted by Gasteiger charge is -2.18. The van der Waals surface area contributed by atoms with Crippen molar-refractivity contribution in [3.63, 3.8) is 0 Å². The highest BCUT2D eigenvalue weighted by atomic mass is 16.5. The molecule has 1 unspecified atom stereocenters. The van der Waals surface area contributed by atoms with Crippen LogP contribution in [0.4, 0.5) is 0 Å². The molecular weight excluding hydrogens is 610 g/mol. The maximum atomic E-state index is 12.7. The summed E-state index contributed by atoms with van der Waals surface area (Å²) in [6, 6.07) is 0. The van der Waals surface area contributed by atoms with E-state index in [-0.39, 0.29) is 24.5 Å². The van der Waals surface area contributed by atoms with Crippen LogP contribution in [0.5, 0.6) is 0 Å². The fourth-order valence-electron chi connectivity index (χ4n) is 6.25. The van der Waals surface area contributed by atoms with E-state index in [1.54, 1.807) is 0 Å². The van der Waals surface area contributed by atoms with Crippen LogP contribution in [-0.4, -0.2) is 35.6 Å². The first-order chi connectivity index (χ1) is 24.0. The molecule has 6 heteroatoms. The summed E-state index contributed by atoms with van der Waals surface area (Å²) >= 11 is 0. The molecular formula is C43H79NO5. The minimum absolute atomic E-state index is 0.00859. The number of esters is 1. The second-order valence-corrected chi connectivity index (χ2v) is 14.2. The summed E-state index contributed by atoms with van der Waals surface area (Å²) in [6.45, 7) is 4.21. The van der Waals surface area contributed by atoms with Gasteiger partial charge in [0.25, 0.3) is 0 Å². The average molecular weight is 690 g/mol. The normalized spacial score (nSPS) is 12.2. The van der Waals surface area contributed by atoms with Crippen molar-refractivity contribution in [1.82, 2.24) is 5.32 Å². The lowest BCUT2D eigenvalue weighted by molar-refractivity contribution is -0.150. The number of carboxylic acids is 1. The van der Waals surface area contributed by atoms with Crippen LogP contribution in [0.1, 0.15) is 219 Å². The summed E-state index contributed by atoms with van der Waals surface area (Å²) in [7, 11) is 0. The maximum absolute atomic E-state index is 12.7. The predicted octanol–water partition coefficient (Wildman–Crippen LogP) is 12.7. The van der Waals surface area contributed by atoms with Gasteiger partial charge in [-0.25, -0.2) is 0 Å². The molecule has 49 heavy (non-hydrogen) atoms. The van der Waals surface area contributed by atoms with Crippen LogP contribution in [0.25, 0.3) is 0 Å². The third kappa shape index (κ3) is 38.5. The van der Waals surface area contributed by atoms with Crippen LogP contribution < -0.4 is 5.32 Å².